The minimum absolute atomic E-state index is 0.757. The fourth-order valence-corrected chi connectivity index (χ4v) is 13.7. The van der Waals surface area contributed by atoms with E-state index in [1.807, 2.05) is 12.1 Å². The average molecular weight is 591 g/mol. The Kier molecular flexibility index (Phi) is 6.62. The summed E-state index contributed by atoms with van der Waals surface area (Å²) in [4.78, 5) is 0. The van der Waals surface area contributed by atoms with E-state index >= 15 is 0 Å². The molecule has 3 heteroatoms. The minimum atomic E-state index is -2.92. The molecule has 0 atom stereocenters. The Labute approximate surface area is 220 Å². The zero-order valence-corrected chi connectivity index (χ0v) is 22.5. The quantitative estimate of drug-likeness (QED) is 0.138. The molecule has 0 aliphatic heterocycles. The molecule has 0 aromatic heterocycles. The molecule has 0 saturated carbocycles. The Hall–Kier alpha value is -2.45. The van der Waals surface area contributed by atoms with E-state index in [1.54, 1.807) is 0 Å². The van der Waals surface area contributed by atoms with Crippen LogP contribution in [0.1, 0.15) is 5.56 Å². The summed E-state index contributed by atoms with van der Waals surface area (Å²) in [7, 11) is 0. The molecule has 5 aromatic rings. The normalized spacial score (nSPS) is 12.6. The number of hydrogen-bond acceptors (Lipinski definition) is 0. The molecule has 0 radical (unpaired) electrons. The van der Waals surface area contributed by atoms with Crippen LogP contribution in [0.25, 0.3) is 11.1 Å². The van der Waals surface area contributed by atoms with E-state index in [-0.39, 0.29) is 0 Å². The van der Waals surface area contributed by atoms with Gasteiger partial charge in [0.1, 0.15) is 0 Å². The third kappa shape index (κ3) is 4.11. The van der Waals surface area contributed by atoms with Crippen LogP contribution in [0.5, 0.6) is 0 Å². The van der Waals surface area contributed by atoms with Crippen LogP contribution in [0, 0.1) is 0 Å². The summed E-state index contributed by atoms with van der Waals surface area (Å²) in [5.41, 5.74) is 3.79. The van der Waals surface area contributed by atoms with Gasteiger partial charge in [0.25, 0.3) is 0 Å². The first-order chi connectivity index (χ1) is 16.6. The molecule has 34 heavy (non-hydrogen) atoms. The molecular weight excluding hydrogens is 566 g/mol. The standard InChI is InChI=1S/C31H25ClIP/c32-27-22-20-25(21-23-27)31-19-11-10-12-26(31)24-34(33,28-13-4-1-5-14-28,29-15-6-2-7-16-29)30-17-8-3-9-18-30/h1-23H,24H2. The van der Waals surface area contributed by atoms with E-state index in [0.717, 1.165) is 11.2 Å². The van der Waals surface area contributed by atoms with Crippen molar-refractivity contribution < 1.29 is 0 Å². The molecule has 0 fully saturated rings. The van der Waals surface area contributed by atoms with Crippen molar-refractivity contribution >= 4 is 53.8 Å². The summed E-state index contributed by atoms with van der Waals surface area (Å²) >= 11 is 9.07. The van der Waals surface area contributed by atoms with Gasteiger partial charge in [-0.25, -0.2) is 0 Å². The number of halogens is 2. The molecule has 0 spiro atoms. The maximum atomic E-state index is 6.21. The number of hydrogen-bond donors (Lipinski definition) is 0. The molecule has 0 heterocycles. The van der Waals surface area contributed by atoms with Gasteiger partial charge in [0, 0.05) is 0 Å². The third-order valence-electron chi connectivity index (χ3n) is 6.52. The Balaban J connectivity index is 1.82. The average Bonchev–Trinajstić information content (AvgIpc) is 2.91. The number of rotatable bonds is 6. The van der Waals surface area contributed by atoms with Gasteiger partial charge in [0.2, 0.25) is 0 Å². The topological polar surface area (TPSA) is 0 Å². The van der Waals surface area contributed by atoms with Crippen molar-refractivity contribution in [3.8, 4) is 11.1 Å². The fraction of sp³-hybridized carbons (Fsp3) is 0.0323. The second-order valence-corrected chi connectivity index (χ2v) is 19.6. The molecular formula is C31H25ClIP. The molecule has 0 aliphatic rings. The van der Waals surface area contributed by atoms with Gasteiger partial charge in [-0.2, -0.15) is 0 Å². The van der Waals surface area contributed by atoms with Crippen LogP contribution < -0.4 is 15.9 Å². The molecule has 0 unspecified atom stereocenters. The molecule has 168 valence electrons. The zero-order chi connectivity index (χ0) is 23.5. The molecule has 0 saturated heterocycles. The van der Waals surface area contributed by atoms with Crippen LogP contribution in [0.15, 0.2) is 140 Å². The first kappa shape index (κ1) is 23.3. The van der Waals surface area contributed by atoms with Crippen molar-refractivity contribution in [2.75, 3.05) is 0 Å². The maximum absolute atomic E-state index is 6.21. The van der Waals surface area contributed by atoms with Gasteiger partial charge in [-0.15, -0.1) is 0 Å². The molecule has 5 aromatic carbocycles. The third-order valence-corrected chi connectivity index (χ3v) is 17.9. The van der Waals surface area contributed by atoms with Crippen LogP contribution in [-0.2, 0) is 6.16 Å². The van der Waals surface area contributed by atoms with E-state index < -0.39 is 4.25 Å². The van der Waals surface area contributed by atoms with Gasteiger partial charge >= 0.3 is 221 Å². The van der Waals surface area contributed by atoms with E-state index in [1.165, 1.54) is 32.6 Å². The Bertz CT molecular complexity index is 1280. The summed E-state index contributed by atoms with van der Waals surface area (Å²) < 4.78 is -2.92. The van der Waals surface area contributed by atoms with Crippen molar-refractivity contribution in [3.63, 3.8) is 0 Å². The van der Waals surface area contributed by atoms with Gasteiger partial charge in [-0.1, -0.05) is 0 Å². The van der Waals surface area contributed by atoms with Gasteiger partial charge in [-0.3, -0.25) is 0 Å². The molecule has 0 amide bonds. The van der Waals surface area contributed by atoms with Crippen molar-refractivity contribution in [2.24, 2.45) is 0 Å². The van der Waals surface area contributed by atoms with Crippen LogP contribution in [0.4, 0.5) is 0 Å². The second kappa shape index (κ2) is 9.66. The van der Waals surface area contributed by atoms with Crippen LogP contribution in [0.2, 0.25) is 5.02 Å². The van der Waals surface area contributed by atoms with Crippen molar-refractivity contribution in [3.05, 3.63) is 150 Å². The van der Waals surface area contributed by atoms with Gasteiger partial charge in [0.15, 0.2) is 0 Å². The molecule has 0 aliphatic carbocycles. The molecule has 5 rings (SSSR count). The van der Waals surface area contributed by atoms with Crippen LogP contribution in [0.3, 0.4) is 0 Å². The Morgan fingerprint density at radius 1 is 0.500 bits per heavy atom. The Morgan fingerprint density at radius 2 is 0.912 bits per heavy atom. The monoisotopic (exact) mass is 590 g/mol. The summed E-state index contributed by atoms with van der Waals surface area (Å²) in [5.74, 6) is 0. The van der Waals surface area contributed by atoms with E-state index in [2.05, 4.69) is 149 Å². The first-order valence-electron chi connectivity index (χ1n) is 11.3. The van der Waals surface area contributed by atoms with E-state index in [4.69, 9.17) is 11.6 Å². The SMILES string of the molecule is Clc1ccc(-c2ccccc2CP(I)(c2ccccc2)(c2ccccc2)c2ccccc2)cc1. The van der Waals surface area contributed by atoms with Crippen molar-refractivity contribution in [1.29, 1.82) is 0 Å². The predicted molar refractivity (Wildman–Crippen MR) is 160 cm³/mol. The zero-order valence-electron chi connectivity index (χ0n) is 18.7. The first-order valence-corrected chi connectivity index (χ1v) is 16.9. The van der Waals surface area contributed by atoms with Crippen molar-refractivity contribution in [1.82, 2.24) is 0 Å². The van der Waals surface area contributed by atoms with Crippen LogP contribution >= 0.6 is 37.9 Å². The van der Waals surface area contributed by atoms with Gasteiger partial charge in [0.05, 0.1) is 0 Å². The van der Waals surface area contributed by atoms with Gasteiger partial charge < -0.3 is 0 Å². The fourth-order valence-electron chi connectivity index (χ4n) is 4.83. The summed E-state index contributed by atoms with van der Waals surface area (Å²) in [5, 5.41) is 4.92. The second-order valence-electron chi connectivity index (χ2n) is 8.51. The number of benzene rings is 5. The van der Waals surface area contributed by atoms with E-state index in [9.17, 15) is 0 Å². The molecule has 0 nitrogen and oxygen atoms in total. The molecule has 0 N–H and O–H groups in total. The summed E-state index contributed by atoms with van der Waals surface area (Å²) in [6.07, 6.45) is 0.920. The van der Waals surface area contributed by atoms with Crippen LogP contribution in [-0.4, -0.2) is 0 Å². The molecule has 0 bridgehead atoms. The Morgan fingerprint density at radius 3 is 1.38 bits per heavy atom. The summed E-state index contributed by atoms with van der Waals surface area (Å²) in [6.45, 7) is 0. The summed E-state index contributed by atoms with van der Waals surface area (Å²) in [6, 6.07) is 50.3. The predicted octanol–water partition coefficient (Wildman–Crippen LogP) is 8.39. The van der Waals surface area contributed by atoms with Gasteiger partial charge in [-0.05, 0) is 0 Å². The van der Waals surface area contributed by atoms with Crippen molar-refractivity contribution in [2.45, 2.75) is 6.16 Å². The van der Waals surface area contributed by atoms with E-state index in [0.29, 0.717) is 0 Å².